The molecule has 7 heteroatoms. The van der Waals surface area contributed by atoms with Crippen LogP contribution in [-0.2, 0) is 16.4 Å². The van der Waals surface area contributed by atoms with E-state index in [2.05, 4.69) is 15.1 Å². The van der Waals surface area contributed by atoms with Crippen molar-refractivity contribution in [1.82, 2.24) is 15.1 Å². The lowest BCUT2D eigenvalue weighted by molar-refractivity contribution is 0.133. The van der Waals surface area contributed by atoms with Gasteiger partial charge in [0.2, 0.25) is 0 Å². The van der Waals surface area contributed by atoms with Gasteiger partial charge < -0.3 is 0 Å². The van der Waals surface area contributed by atoms with Crippen molar-refractivity contribution in [2.24, 2.45) is 0 Å². The molecule has 0 aliphatic carbocycles. The highest BCUT2D eigenvalue weighted by molar-refractivity contribution is 7.90. The van der Waals surface area contributed by atoms with Crippen LogP contribution in [0, 0.1) is 5.82 Å². The van der Waals surface area contributed by atoms with Gasteiger partial charge in [-0.1, -0.05) is 24.6 Å². The Morgan fingerprint density at radius 2 is 2.13 bits per heavy atom. The van der Waals surface area contributed by atoms with E-state index in [-0.39, 0.29) is 16.8 Å². The maximum Gasteiger partial charge on any atom is 0.178 e. The van der Waals surface area contributed by atoms with E-state index in [0.29, 0.717) is 17.8 Å². The molecule has 0 saturated carbocycles. The standard InChI is InChI=1S/C16H20FN3O2S/c1-23(21,22)15-10-18-19-16(15)14-8-4-5-9-20(14)11-12-6-2-3-7-13(12)17/h2-3,6-7,10,14H,4-5,8-9,11H2,1H3,(H,18,19)/t14-/m1/s1. The summed E-state index contributed by atoms with van der Waals surface area (Å²) in [4.78, 5) is 2.37. The number of rotatable bonds is 4. The number of H-pyrrole nitrogens is 1. The second kappa shape index (κ2) is 6.41. The summed E-state index contributed by atoms with van der Waals surface area (Å²) in [6.45, 7) is 1.26. The van der Waals surface area contributed by atoms with Gasteiger partial charge in [-0.25, -0.2) is 12.8 Å². The molecule has 5 nitrogen and oxygen atoms in total. The summed E-state index contributed by atoms with van der Waals surface area (Å²) in [5, 5.41) is 6.77. The number of hydrogen-bond acceptors (Lipinski definition) is 4. The summed E-state index contributed by atoms with van der Waals surface area (Å²) in [6, 6.07) is 6.62. The second-order valence-electron chi connectivity index (χ2n) is 5.99. The monoisotopic (exact) mass is 337 g/mol. The summed E-state index contributed by atoms with van der Waals surface area (Å²) in [6.07, 6.45) is 5.42. The van der Waals surface area contributed by atoms with Crippen LogP contribution in [0.25, 0.3) is 0 Å². The Labute approximate surface area is 135 Å². The van der Waals surface area contributed by atoms with Crippen molar-refractivity contribution in [3.63, 3.8) is 0 Å². The van der Waals surface area contributed by atoms with E-state index in [1.807, 2.05) is 6.07 Å². The molecule has 1 aromatic heterocycles. The highest BCUT2D eigenvalue weighted by Crippen LogP contribution is 2.34. The molecule has 0 unspecified atom stereocenters. The fourth-order valence-corrected chi connectivity index (χ4v) is 4.00. The van der Waals surface area contributed by atoms with Crippen LogP contribution >= 0.6 is 0 Å². The van der Waals surface area contributed by atoms with Crippen LogP contribution in [-0.4, -0.2) is 36.3 Å². The molecule has 0 amide bonds. The predicted molar refractivity (Wildman–Crippen MR) is 85.1 cm³/mol. The summed E-state index contributed by atoms with van der Waals surface area (Å²) >= 11 is 0. The minimum absolute atomic E-state index is 0.0874. The Bertz CT molecular complexity index is 788. The highest BCUT2D eigenvalue weighted by Gasteiger charge is 2.30. The van der Waals surface area contributed by atoms with Gasteiger partial charge in [0.1, 0.15) is 10.7 Å². The Balaban J connectivity index is 1.91. The molecule has 1 saturated heterocycles. The van der Waals surface area contributed by atoms with Crippen molar-refractivity contribution >= 4 is 9.84 Å². The summed E-state index contributed by atoms with van der Waals surface area (Å²) < 4.78 is 37.8. The number of likely N-dealkylation sites (tertiary alicyclic amines) is 1. The number of halogens is 1. The van der Waals surface area contributed by atoms with E-state index in [9.17, 15) is 12.8 Å². The van der Waals surface area contributed by atoms with Gasteiger partial charge in [-0.05, 0) is 25.5 Å². The van der Waals surface area contributed by atoms with Gasteiger partial charge in [0.15, 0.2) is 9.84 Å². The summed E-state index contributed by atoms with van der Waals surface area (Å²) in [5.74, 6) is -0.232. The molecule has 0 radical (unpaired) electrons. The maximum atomic E-state index is 13.9. The molecule has 3 rings (SSSR count). The first-order valence-corrected chi connectivity index (χ1v) is 9.57. The molecule has 1 aliphatic heterocycles. The van der Waals surface area contributed by atoms with Crippen molar-refractivity contribution in [3.8, 4) is 0 Å². The molecule has 2 heterocycles. The third-order valence-electron chi connectivity index (χ3n) is 4.31. The second-order valence-corrected chi connectivity index (χ2v) is 7.98. The van der Waals surface area contributed by atoms with Gasteiger partial charge in [-0.15, -0.1) is 0 Å². The zero-order valence-corrected chi connectivity index (χ0v) is 13.8. The van der Waals surface area contributed by atoms with Gasteiger partial charge in [0, 0.05) is 18.4 Å². The summed E-state index contributed by atoms with van der Waals surface area (Å²) in [7, 11) is -3.34. The number of aromatic amines is 1. The lowest BCUT2D eigenvalue weighted by Crippen LogP contribution is -2.34. The van der Waals surface area contributed by atoms with Crippen molar-refractivity contribution in [2.45, 2.75) is 36.7 Å². The lowest BCUT2D eigenvalue weighted by atomic mass is 9.98. The fraction of sp³-hybridized carbons (Fsp3) is 0.438. The van der Waals surface area contributed by atoms with E-state index in [4.69, 9.17) is 0 Å². The Morgan fingerprint density at radius 3 is 2.87 bits per heavy atom. The van der Waals surface area contributed by atoms with E-state index in [0.717, 1.165) is 25.8 Å². The number of nitrogens with one attached hydrogen (secondary N) is 1. The molecule has 2 aromatic rings. The Hall–Kier alpha value is -1.73. The van der Waals surface area contributed by atoms with Gasteiger partial charge in [-0.2, -0.15) is 5.10 Å². The highest BCUT2D eigenvalue weighted by atomic mass is 32.2. The van der Waals surface area contributed by atoms with Gasteiger partial charge in [0.25, 0.3) is 0 Å². The topological polar surface area (TPSA) is 66.1 Å². The molecule has 1 aliphatic rings. The number of benzene rings is 1. The molecule has 0 spiro atoms. The van der Waals surface area contributed by atoms with E-state index >= 15 is 0 Å². The summed E-state index contributed by atoms with van der Waals surface area (Å²) in [5.41, 5.74) is 1.24. The van der Waals surface area contributed by atoms with Gasteiger partial charge >= 0.3 is 0 Å². The Kier molecular flexibility index (Phi) is 4.50. The molecular formula is C16H20FN3O2S. The van der Waals surface area contributed by atoms with Crippen molar-refractivity contribution in [1.29, 1.82) is 0 Å². The number of piperidine rings is 1. The predicted octanol–water partition coefficient (Wildman–Crippen LogP) is 2.68. The molecule has 1 N–H and O–H groups in total. The van der Waals surface area contributed by atoms with Crippen molar-refractivity contribution in [2.75, 3.05) is 12.8 Å². The minimum Gasteiger partial charge on any atom is -0.290 e. The molecule has 1 aromatic carbocycles. The third kappa shape index (κ3) is 3.45. The average molecular weight is 337 g/mol. The molecule has 1 fully saturated rings. The first kappa shape index (κ1) is 16.1. The quantitative estimate of drug-likeness (QED) is 0.931. The Morgan fingerprint density at radius 1 is 1.35 bits per heavy atom. The van der Waals surface area contributed by atoms with Crippen LogP contribution in [0.5, 0.6) is 0 Å². The molecule has 23 heavy (non-hydrogen) atoms. The fourth-order valence-electron chi connectivity index (χ4n) is 3.17. The van der Waals surface area contributed by atoms with Crippen molar-refractivity contribution in [3.05, 3.63) is 47.5 Å². The van der Waals surface area contributed by atoms with E-state index in [1.165, 1.54) is 18.5 Å². The molecular weight excluding hydrogens is 317 g/mol. The lowest BCUT2D eigenvalue weighted by Gasteiger charge is -2.35. The first-order valence-electron chi connectivity index (χ1n) is 7.67. The average Bonchev–Trinajstić information content (AvgIpc) is 3.00. The maximum absolute atomic E-state index is 13.9. The van der Waals surface area contributed by atoms with Crippen LogP contribution in [0.15, 0.2) is 35.4 Å². The minimum atomic E-state index is -3.34. The van der Waals surface area contributed by atoms with E-state index in [1.54, 1.807) is 12.1 Å². The first-order chi connectivity index (χ1) is 11.0. The van der Waals surface area contributed by atoms with Gasteiger partial charge in [0.05, 0.1) is 17.9 Å². The zero-order valence-electron chi connectivity index (χ0n) is 13.0. The zero-order chi connectivity index (χ0) is 16.4. The third-order valence-corrected chi connectivity index (χ3v) is 5.43. The van der Waals surface area contributed by atoms with Crippen LogP contribution in [0.2, 0.25) is 0 Å². The van der Waals surface area contributed by atoms with Gasteiger partial charge in [-0.3, -0.25) is 10.00 Å². The van der Waals surface area contributed by atoms with Crippen molar-refractivity contribution < 1.29 is 12.8 Å². The molecule has 1 atom stereocenters. The van der Waals surface area contributed by atoms with Crippen LogP contribution < -0.4 is 0 Å². The smallest absolute Gasteiger partial charge is 0.178 e. The number of hydrogen-bond donors (Lipinski definition) is 1. The molecule has 124 valence electrons. The molecule has 0 bridgehead atoms. The van der Waals surface area contributed by atoms with Crippen LogP contribution in [0.4, 0.5) is 4.39 Å². The van der Waals surface area contributed by atoms with E-state index < -0.39 is 9.84 Å². The van der Waals surface area contributed by atoms with Crippen LogP contribution in [0.3, 0.4) is 0 Å². The largest absolute Gasteiger partial charge is 0.290 e. The SMILES string of the molecule is CS(=O)(=O)c1cn[nH]c1[C@H]1CCCCN1Cc1ccccc1F. The number of aromatic nitrogens is 2. The number of nitrogens with zero attached hydrogens (tertiary/aromatic N) is 2. The van der Waals surface area contributed by atoms with Crippen LogP contribution in [0.1, 0.15) is 36.6 Å². The number of sulfone groups is 1. The normalized spacial score (nSPS) is 19.8.